The summed E-state index contributed by atoms with van der Waals surface area (Å²) in [7, 11) is 3.91. The Balaban J connectivity index is 1.55. The molecule has 7 nitrogen and oxygen atoms in total. The Labute approximate surface area is 145 Å². The summed E-state index contributed by atoms with van der Waals surface area (Å²) in [6.45, 7) is 3.39. The molecule has 1 aliphatic heterocycles. The molecule has 0 aliphatic carbocycles. The summed E-state index contributed by atoms with van der Waals surface area (Å²) in [5, 5.41) is 6.22. The monoisotopic (exact) mass is 346 g/mol. The number of amides is 1. The maximum atomic E-state index is 12.4. The van der Waals surface area contributed by atoms with Crippen molar-refractivity contribution in [2.75, 3.05) is 37.4 Å². The highest BCUT2D eigenvalue weighted by Gasteiger charge is 2.25. The Hall–Kier alpha value is -2.22. The maximum absolute atomic E-state index is 12.4. The molecule has 0 spiro atoms. The van der Waals surface area contributed by atoms with E-state index >= 15 is 0 Å². The van der Waals surface area contributed by atoms with Gasteiger partial charge in [0.15, 0.2) is 0 Å². The number of nitrogens with one attached hydrogen (secondary N) is 1. The van der Waals surface area contributed by atoms with Crippen LogP contribution in [0.1, 0.15) is 28.3 Å². The van der Waals surface area contributed by atoms with Crippen LogP contribution in [0, 0.1) is 6.92 Å². The summed E-state index contributed by atoms with van der Waals surface area (Å²) in [5.41, 5.74) is 0.565. The van der Waals surface area contributed by atoms with Gasteiger partial charge in [-0.25, -0.2) is 15.0 Å². The Morgan fingerprint density at radius 3 is 2.71 bits per heavy atom. The van der Waals surface area contributed by atoms with Crippen molar-refractivity contribution in [2.24, 2.45) is 0 Å². The molecule has 24 heavy (non-hydrogen) atoms. The molecule has 128 valence electrons. The zero-order valence-electron chi connectivity index (χ0n) is 14.2. The van der Waals surface area contributed by atoms with Crippen LogP contribution in [0.15, 0.2) is 17.8 Å². The Morgan fingerprint density at radius 1 is 1.33 bits per heavy atom. The predicted molar refractivity (Wildman–Crippen MR) is 95.8 cm³/mol. The molecule has 3 rings (SSSR count). The zero-order valence-corrected chi connectivity index (χ0v) is 15.0. The largest absolute Gasteiger partial charge is 0.367 e. The number of rotatable bonds is 4. The van der Waals surface area contributed by atoms with Crippen LogP contribution in [-0.4, -0.2) is 59.0 Å². The second-order valence-corrected chi connectivity index (χ2v) is 7.18. The summed E-state index contributed by atoms with van der Waals surface area (Å²) in [5.74, 6) is 1.74. The van der Waals surface area contributed by atoms with E-state index in [9.17, 15) is 4.79 Å². The third-order valence-electron chi connectivity index (χ3n) is 4.08. The predicted octanol–water partition coefficient (Wildman–Crippen LogP) is 2.02. The molecule has 2 aromatic rings. The molecule has 0 radical (unpaired) electrons. The summed E-state index contributed by atoms with van der Waals surface area (Å²) in [4.78, 5) is 29.0. The van der Waals surface area contributed by atoms with E-state index in [2.05, 4.69) is 20.3 Å². The number of nitrogens with zero attached hydrogens (tertiary/aromatic N) is 5. The Kier molecular flexibility index (Phi) is 4.94. The normalized spacial score (nSPS) is 15.4. The van der Waals surface area contributed by atoms with Crippen LogP contribution >= 0.6 is 11.3 Å². The second kappa shape index (κ2) is 7.12. The van der Waals surface area contributed by atoms with Crippen LogP contribution in [0.5, 0.6) is 0 Å². The summed E-state index contributed by atoms with van der Waals surface area (Å²) < 4.78 is 0. The van der Waals surface area contributed by atoms with Gasteiger partial charge in [0.05, 0.1) is 5.01 Å². The van der Waals surface area contributed by atoms with E-state index in [0.717, 1.165) is 42.6 Å². The quantitative estimate of drug-likeness (QED) is 0.913. The minimum Gasteiger partial charge on any atom is -0.367 e. The molecule has 0 unspecified atom stereocenters. The molecule has 0 bridgehead atoms. The molecule has 0 atom stereocenters. The molecule has 1 amide bonds. The van der Waals surface area contributed by atoms with Crippen molar-refractivity contribution >= 4 is 28.9 Å². The fourth-order valence-corrected chi connectivity index (χ4v) is 3.32. The number of aryl methyl sites for hydroxylation is 1. The van der Waals surface area contributed by atoms with Gasteiger partial charge in [-0.3, -0.25) is 4.79 Å². The summed E-state index contributed by atoms with van der Waals surface area (Å²) >= 11 is 1.51. The first-order valence-electron chi connectivity index (χ1n) is 8.00. The number of thiazole rings is 1. The number of carbonyl (C=O) groups excluding carboxylic acids is 1. The molecule has 1 aliphatic rings. The van der Waals surface area contributed by atoms with Gasteiger partial charge < -0.3 is 15.1 Å². The highest BCUT2D eigenvalue weighted by molar-refractivity contribution is 7.09. The number of piperidine rings is 1. The third-order valence-corrected chi connectivity index (χ3v) is 4.86. The molecule has 1 N–H and O–H groups in total. The number of anilines is 2. The number of hydrogen-bond donors (Lipinski definition) is 1. The van der Waals surface area contributed by atoms with Gasteiger partial charge in [-0.2, -0.15) is 0 Å². The standard InChI is InChI=1S/C16H22N6OS/c1-11-19-13(9-24-11)16(23)22-6-4-12(5-7-22)20-14-8-15(21(2)3)18-10-17-14/h8-10,12H,4-7H2,1-3H3,(H,17,18,20). The van der Waals surface area contributed by atoms with Gasteiger partial charge >= 0.3 is 0 Å². The van der Waals surface area contributed by atoms with Crippen molar-refractivity contribution in [1.29, 1.82) is 0 Å². The molecule has 8 heteroatoms. The molecule has 1 saturated heterocycles. The first-order chi connectivity index (χ1) is 11.5. The lowest BCUT2D eigenvalue weighted by Gasteiger charge is -2.32. The number of aromatic nitrogens is 3. The van der Waals surface area contributed by atoms with E-state index in [0.29, 0.717) is 11.7 Å². The van der Waals surface area contributed by atoms with E-state index in [4.69, 9.17) is 0 Å². The molecular formula is C16H22N6OS. The van der Waals surface area contributed by atoms with Crippen LogP contribution in [0.3, 0.4) is 0 Å². The van der Waals surface area contributed by atoms with E-state index in [1.54, 1.807) is 6.33 Å². The maximum Gasteiger partial charge on any atom is 0.273 e. The van der Waals surface area contributed by atoms with Gasteiger partial charge in [-0.1, -0.05) is 0 Å². The minimum atomic E-state index is 0.0368. The molecule has 3 heterocycles. The lowest BCUT2D eigenvalue weighted by molar-refractivity contribution is 0.0713. The fourth-order valence-electron chi connectivity index (χ4n) is 2.73. The summed E-state index contributed by atoms with van der Waals surface area (Å²) in [6, 6.07) is 2.26. The van der Waals surface area contributed by atoms with Gasteiger partial charge in [-0.15, -0.1) is 11.3 Å². The van der Waals surface area contributed by atoms with E-state index in [1.165, 1.54) is 11.3 Å². The van der Waals surface area contributed by atoms with Crippen molar-refractivity contribution in [3.63, 3.8) is 0 Å². The van der Waals surface area contributed by atoms with Gasteiger partial charge in [0.25, 0.3) is 5.91 Å². The van der Waals surface area contributed by atoms with Crippen molar-refractivity contribution < 1.29 is 4.79 Å². The molecule has 1 fully saturated rings. The van der Waals surface area contributed by atoms with Crippen LogP contribution in [-0.2, 0) is 0 Å². The van der Waals surface area contributed by atoms with Crippen LogP contribution in [0.4, 0.5) is 11.6 Å². The van der Waals surface area contributed by atoms with Gasteiger partial charge in [0.1, 0.15) is 23.7 Å². The SMILES string of the molecule is Cc1nc(C(=O)N2CCC(Nc3cc(N(C)C)ncn3)CC2)cs1. The van der Waals surface area contributed by atoms with E-state index in [1.807, 2.05) is 42.3 Å². The van der Waals surface area contributed by atoms with Gasteiger partial charge in [0.2, 0.25) is 0 Å². The number of likely N-dealkylation sites (tertiary alicyclic amines) is 1. The van der Waals surface area contributed by atoms with Crippen LogP contribution < -0.4 is 10.2 Å². The molecule has 0 aromatic carbocycles. The summed E-state index contributed by atoms with van der Waals surface area (Å²) in [6.07, 6.45) is 3.37. The first-order valence-corrected chi connectivity index (χ1v) is 8.88. The van der Waals surface area contributed by atoms with Crippen molar-refractivity contribution in [2.45, 2.75) is 25.8 Å². The lowest BCUT2D eigenvalue weighted by atomic mass is 10.0. The van der Waals surface area contributed by atoms with Crippen molar-refractivity contribution in [1.82, 2.24) is 19.9 Å². The third kappa shape index (κ3) is 3.81. The van der Waals surface area contributed by atoms with E-state index in [-0.39, 0.29) is 5.91 Å². The van der Waals surface area contributed by atoms with Crippen LogP contribution in [0.2, 0.25) is 0 Å². The Morgan fingerprint density at radius 2 is 2.08 bits per heavy atom. The zero-order chi connectivity index (χ0) is 17.1. The van der Waals surface area contributed by atoms with Crippen molar-refractivity contribution in [3.05, 3.63) is 28.5 Å². The van der Waals surface area contributed by atoms with Crippen LogP contribution in [0.25, 0.3) is 0 Å². The average Bonchev–Trinajstić information content (AvgIpc) is 3.01. The van der Waals surface area contributed by atoms with E-state index < -0.39 is 0 Å². The fraction of sp³-hybridized carbons (Fsp3) is 0.500. The molecule has 2 aromatic heterocycles. The smallest absolute Gasteiger partial charge is 0.273 e. The topological polar surface area (TPSA) is 74.2 Å². The van der Waals surface area contributed by atoms with Gasteiger partial charge in [0, 0.05) is 44.7 Å². The lowest BCUT2D eigenvalue weighted by Crippen LogP contribution is -2.42. The first kappa shape index (κ1) is 16.6. The van der Waals surface area contributed by atoms with Gasteiger partial charge in [-0.05, 0) is 19.8 Å². The highest BCUT2D eigenvalue weighted by Crippen LogP contribution is 2.19. The molecule has 0 saturated carbocycles. The number of hydrogen-bond acceptors (Lipinski definition) is 7. The second-order valence-electron chi connectivity index (χ2n) is 6.12. The minimum absolute atomic E-state index is 0.0368. The average molecular weight is 346 g/mol. The number of carbonyl (C=O) groups is 1. The van der Waals surface area contributed by atoms with Crippen molar-refractivity contribution in [3.8, 4) is 0 Å². The molecular weight excluding hydrogens is 324 g/mol. The Bertz CT molecular complexity index is 708. The highest BCUT2D eigenvalue weighted by atomic mass is 32.1.